The van der Waals surface area contributed by atoms with Crippen molar-refractivity contribution in [3.8, 4) is 11.5 Å². The number of aromatic carboxylic acids is 2. The van der Waals surface area contributed by atoms with Gasteiger partial charge in [-0.25, -0.2) is 18.4 Å². The maximum absolute atomic E-state index is 13.4. The van der Waals surface area contributed by atoms with Crippen LogP contribution in [0.1, 0.15) is 20.7 Å². The lowest BCUT2D eigenvalue weighted by molar-refractivity contribution is 0.0696. The zero-order valence-electron chi connectivity index (χ0n) is 12.8. The molecule has 0 saturated heterocycles. The molecule has 3 N–H and O–H groups in total. The average Bonchev–Trinajstić information content (AvgIpc) is 2.58. The number of ether oxygens (including phenoxy) is 1. The maximum atomic E-state index is 13.4. The Kier molecular flexibility index (Phi) is 3.30. The number of carboxylic acids is 2. The van der Waals surface area contributed by atoms with Crippen molar-refractivity contribution < 1.29 is 33.3 Å². The second-order valence-corrected chi connectivity index (χ2v) is 5.70. The summed E-state index contributed by atoms with van der Waals surface area (Å²) in [7, 11) is 0. The molecule has 1 aliphatic rings. The van der Waals surface area contributed by atoms with Crippen LogP contribution in [-0.2, 0) is 0 Å². The van der Waals surface area contributed by atoms with Gasteiger partial charge in [0.05, 0.1) is 22.5 Å². The number of anilines is 2. The van der Waals surface area contributed by atoms with E-state index in [4.69, 9.17) is 9.84 Å². The zero-order valence-corrected chi connectivity index (χ0v) is 12.8. The summed E-state index contributed by atoms with van der Waals surface area (Å²) in [6, 6.07) is 7.19. The van der Waals surface area contributed by atoms with Crippen LogP contribution < -0.4 is 10.1 Å². The van der Waals surface area contributed by atoms with Crippen LogP contribution in [0.3, 0.4) is 0 Å². The molecule has 0 saturated carbocycles. The molecule has 0 amide bonds. The van der Waals surface area contributed by atoms with Gasteiger partial charge in [0.25, 0.3) is 0 Å². The van der Waals surface area contributed by atoms with E-state index in [2.05, 4.69) is 5.32 Å². The first-order chi connectivity index (χ1) is 12.3. The Morgan fingerprint density at radius 1 is 0.846 bits per heavy atom. The van der Waals surface area contributed by atoms with Crippen LogP contribution in [0.15, 0.2) is 36.4 Å². The molecule has 0 bridgehead atoms. The van der Waals surface area contributed by atoms with Crippen LogP contribution in [0.5, 0.6) is 11.5 Å². The minimum absolute atomic E-state index is 0.0109. The lowest BCUT2D eigenvalue weighted by Crippen LogP contribution is -2.11. The molecular weight excluding hydrogens is 348 g/mol. The highest BCUT2D eigenvalue weighted by Crippen LogP contribution is 2.46. The van der Waals surface area contributed by atoms with E-state index in [1.807, 2.05) is 0 Å². The van der Waals surface area contributed by atoms with E-state index in [0.717, 1.165) is 18.2 Å². The Hall–Kier alpha value is -3.68. The van der Waals surface area contributed by atoms with Crippen LogP contribution in [0.2, 0.25) is 0 Å². The molecule has 0 aliphatic carbocycles. The van der Waals surface area contributed by atoms with E-state index in [-0.39, 0.29) is 28.3 Å². The van der Waals surface area contributed by atoms with Crippen molar-refractivity contribution in [2.45, 2.75) is 0 Å². The fourth-order valence-corrected chi connectivity index (χ4v) is 2.83. The van der Waals surface area contributed by atoms with Crippen LogP contribution in [0.25, 0.3) is 10.8 Å². The summed E-state index contributed by atoms with van der Waals surface area (Å²) < 4.78 is 32.5. The lowest BCUT2D eigenvalue weighted by Gasteiger charge is -2.24. The lowest BCUT2D eigenvalue weighted by atomic mass is 10.0. The Labute approximate surface area is 144 Å². The first-order valence-corrected chi connectivity index (χ1v) is 7.36. The highest BCUT2D eigenvalue weighted by Gasteiger charge is 2.25. The highest BCUT2D eigenvalue weighted by molar-refractivity contribution is 6.03. The van der Waals surface area contributed by atoms with Gasteiger partial charge in [-0.2, -0.15) is 0 Å². The second-order valence-electron chi connectivity index (χ2n) is 5.70. The normalized spacial score (nSPS) is 11.9. The Balaban J connectivity index is 1.90. The van der Waals surface area contributed by atoms with Gasteiger partial charge < -0.3 is 20.3 Å². The van der Waals surface area contributed by atoms with Crippen molar-refractivity contribution in [1.82, 2.24) is 0 Å². The van der Waals surface area contributed by atoms with Gasteiger partial charge in [0, 0.05) is 0 Å². The van der Waals surface area contributed by atoms with Gasteiger partial charge in [-0.3, -0.25) is 0 Å². The predicted molar refractivity (Wildman–Crippen MR) is 87.6 cm³/mol. The van der Waals surface area contributed by atoms with E-state index in [1.165, 1.54) is 18.2 Å². The summed E-state index contributed by atoms with van der Waals surface area (Å²) in [6.07, 6.45) is 0. The minimum Gasteiger partial charge on any atom is -0.478 e. The number of carboxylic acid groups (broad SMARTS) is 2. The zero-order chi connectivity index (χ0) is 18.6. The quantitative estimate of drug-likeness (QED) is 0.493. The monoisotopic (exact) mass is 357 g/mol. The number of carbonyl (C=O) groups is 2. The van der Waals surface area contributed by atoms with Crippen molar-refractivity contribution in [2.24, 2.45) is 0 Å². The summed E-state index contributed by atoms with van der Waals surface area (Å²) in [5.41, 5.74) is -0.102. The third kappa shape index (κ3) is 2.39. The first kappa shape index (κ1) is 15.8. The number of halogens is 2. The van der Waals surface area contributed by atoms with Crippen molar-refractivity contribution in [3.63, 3.8) is 0 Å². The highest BCUT2D eigenvalue weighted by atomic mass is 19.2. The Bertz CT molecular complexity index is 1130. The molecule has 1 aliphatic heterocycles. The van der Waals surface area contributed by atoms with Crippen LogP contribution in [0.4, 0.5) is 20.2 Å². The molecule has 8 heteroatoms. The first-order valence-electron chi connectivity index (χ1n) is 7.36. The molecule has 0 fully saturated rings. The van der Waals surface area contributed by atoms with Crippen molar-refractivity contribution >= 4 is 34.1 Å². The molecule has 3 aromatic rings. The Morgan fingerprint density at radius 2 is 1.50 bits per heavy atom. The van der Waals surface area contributed by atoms with Gasteiger partial charge in [-0.15, -0.1) is 0 Å². The van der Waals surface area contributed by atoms with Crippen molar-refractivity contribution in [3.05, 3.63) is 59.2 Å². The van der Waals surface area contributed by atoms with Crippen LogP contribution >= 0.6 is 0 Å². The number of fused-ring (bicyclic) bond motifs is 3. The van der Waals surface area contributed by atoms with E-state index in [1.54, 1.807) is 0 Å². The number of nitrogens with one attached hydrogen (secondary N) is 1. The SMILES string of the molecule is O=C(O)c1cc2c(c(C(=O)O)c1)Nc1cc3cc(F)c(F)cc3cc1O2. The molecular formula is C18H9F2NO5. The molecule has 0 aromatic heterocycles. The molecule has 6 nitrogen and oxygen atoms in total. The summed E-state index contributed by atoms with van der Waals surface area (Å²) in [6.45, 7) is 0. The third-order valence-corrected chi connectivity index (χ3v) is 4.04. The molecule has 1 heterocycles. The summed E-state index contributed by atoms with van der Waals surface area (Å²) in [5, 5.41) is 22.1. The molecule has 0 unspecified atom stereocenters. The van der Waals surface area contributed by atoms with Gasteiger partial charge >= 0.3 is 11.9 Å². The molecule has 4 rings (SSSR count). The summed E-state index contributed by atoms with van der Waals surface area (Å²) in [4.78, 5) is 22.7. The molecule has 0 atom stereocenters. The van der Waals surface area contributed by atoms with Gasteiger partial charge in [0.15, 0.2) is 23.1 Å². The Morgan fingerprint density at radius 3 is 2.12 bits per heavy atom. The molecule has 3 aromatic carbocycles. The van der Waals surface area contributed by atoms with Crippen molar-refractivity contribution in [1.29, 1.82) is 0 Å². The number of benzene rings is 3. The van der Waals surface area contributed by atoms with E-state index >= 15 is 0 Å². The van der Waals surface area contributed by atoms with Crippen molar-refractivity contribution in [2.75, 3.05) is 5.32 Å². The number of hydrogen-bond acceptors (Lipinski definition) is 4. The second kappa shape index (κ2) is 5.41. The standard InChI is InChI=1S/C18H9F2NO5/c19-11-2-7-4-13-14(5-8(7)3-12(11)20)26-15-6-9(17(22)23)1-10(18(24)25)16(15)21-13/h1-6,21H,(H,22,23)(H,24,25). The molecule has 0 spiro atoms. The fourth-order valence-electron chi connectivity index (χ4n) is 2.83. The fraction of sp³-hybridized carbons (Fsp3) is 0. The maximum Gasteiger partial charge on any atom is 0.337 e. The topological polar surface area (TPSA) is 95.9 Å². The third-order valence-electron chi connectivity index (χ3n) is 4.04. The van der Waals surface area contributed by atoms with Crippen LogP contribution in [0, 0.1) is 11.6 Å². The number of hydrogen-bond donors (Lipinski definition) is 3. The predicted octanol–water partition coefficient (Wildman–Crippen LogP) is 4.36. The minimum atomic E-state index is -1.34. The number of rotatable bonds is 2. The van der Waals surface area contributed by atoms with E-state index < -0.39 is 23.6 Å². The smallest absolute Gasteiger partial charge is 0.337 e. The summed E-state index contributed by atoms with van der Waals surface area (Å²) >= 11 is 0. The van der Waals surface area contributed by atoms with E-state index in [0.29, 0.717) is 16.5 Å². The molecule has 26 heavy (non-hydrogen) atoms. The van der Waals surface area contributed by atoms with Gasteiger partial charge in [0.2, 0.25) is 0 Å². The van der Waals surface area contributed by atoms with Gasteiger partial charge in [-0.1, -0.05) is 0 Å². The largest absolute Gasteiger partial charge is 0.478 e. The van der Waals surface area contributed by atoms with Gasteiger partial charge in [-0.05, 0) is 47.2 Å². The summed E-state index contributed by atoms with van der Waals surface area (Å²) in [5.74, 6) is -4.42. The average molecular weight is 357 g/mol. The van der Waals surface area contributed by atoms with E-state index in [9.17, 15) is 23.5 Å². The molecule has 130 valence electrons. The van der Waals surface area contributed by atoms with Gasteiger partial charge in [0.1, 0.15) is 0 Å². The van der Waals surface area contributed by atoms with Crippen LogP contribution in [-0.4, -0.2) is 22.2 Å². The molecule has 0 radical (unpaired) electrons.